The van der Waals surface area contributed by atoms with Crippen LogP contribution in [0, 0.1) is 17.7 Å². The molecule has 0 N–H and O–H groups in total. The number of halogens is 1. The van der Waals surface area contributed by atoms with Crippen LogP contribution < -0.4 is 0 Å². The standard InChI is InChI=1S/C14H16FNO2/c1-9(2)10-7-13(17)16(8-10)14(18)11-5-3-4-6-12(11)15/h3-6,9-10H,7-8H2,1-2H3. The maximum atomic E-state index is 13.5. The molecule has 0 saturated carbocycles. The van der Waals surface area contributed by atoms with Gasteiger partial charge in [-0.25, -0.2) is 4.39 Å². The predicted octanol–water partition coefficient (Wildman–Crippen LogP) is 2.47. The Morgan fingerprint density at radius 1 is 1.39 bits per heavy atom. The Bertz CT molecular complexity index is 484. The van der Waals surface area contributed by atoms with Crippen LogP contribution in [0.4, 0.5) is 4.39 Å². The van der Waals surface area contributed by atoms with Crippen LogP contribution in [0.1, 0.15) is 30.6 Å². The average Bonchev–Trinajstić information content (AvgIpc) is 2.71. The van der Waals surface area contributed by atoms with Crippen LogP contribution in [-0.2, 0) is 4.79 Å². The van der Waals surface area contributed by atoms with Gasteiger partial charge in [0.15, 0.2) is 0 Å². The summed E-state index contributed by atoms with van der Waals surface area (Å²) in [6, 6.07) is 5.76. The van der Waals surface area contributed by atoms with Crippen molar-refractivity contribution in [1.82, 2.24) is 4.90 Å². The summed E-state index contributed by atoms with van der Waals surface area (Å²) in [5.41, 5.74) is -0.0322. The van der Waals surface area contributed by atoms with Gasteiger partial charge in [0, 0.05) is 13.0 Å². The Balaban J connectivity index is 2.21. The van der Waals surface area contributed by atoms with Gasteiger partial charge in [0.05, 0.1) is 5.56 Å². The van der Waals surface area contributed by atoms with Crippen molar-refractivity contribution in [2.24, 2.45) is 11.8 Å². The maximum Gasteiger partial charge on any atom is 0.263 e. The zero-order valence-corrected chi connectivity index (χ0v) is 10.5. The molecule has 0 bridgehead atoms. The van der Waals surface area contributed by atoms with Gasteiger partial charge in [0.2, 0.25) is 5.91 Å². The Morgan fingerprint density at radius 2 is 2.06 bits per heavy atom. The molecule has 2 rings (SSSR count). The number of rotatable bonds is 2. The molecule has 1 unspecified atom stereocenters. The lowest BCUT2D eigenvalue weighted by Gasteiger charge is -2.16. The van der Waals surface area contributed by atoms with E-state index in [0.717, 1.165) is 0 Å². The van der Waals surface area contributed by atoms with Crippen LogP contribution >= 0.6 is 0 Å². The summed E-state index contributed by atoms with van der Waals surface area (Å²) in [7, 11) is 0. The first-order valence-corrected chi connectivity index (χ1v) is 6.10. The molecule has 1 aromatic rings. The van der Waals surface area contributed by atoms with Crippen molar-refractivity contribution in [3.8, 4) is 0 Å². The number of benzene rings is 1. The summed E-state index contributed by atoms with van der Waals surface area (Å²) in [6.45, 7) is 4.44. The lowest BCUT2D eigenvalue weighted by atomic mass is 9.95. The van der Waals surface area contributed by atoms with Gasteiger partial charge in [-0.15, -0.1) is 0 Å². The van der Waals surface area contributed by atoms with Crippen LogP contribution in [0.15, 0.2) is 24.3 Å². The smallest absolute Gasteiger partial charge is 0.263 e. The summed E-state index contributed by atoms with van der Waals surface area (Å²) in [4.78, 5) is 25.1. The molecule has 1 aromatic carbocycles. The third kappa shape index (κ3) is 2.28. The predicted molar refractivity (Wildman–Crippen MR) is 65.4 cm³/mol. The van der Waals surface area contributed by atoms with Crippen molar-refractivity contribution < 1.29 is 14.0 Å². The second-order valence-corrected chi connectivity index (χ2v) is 5.00. The van der Waals surface area contributed by atoms with Crippen LogP contribution in [0.25, 0.3) is 0 Å². The molecule has 4 heteroatoms. The summed E-state index contributed by atoms with van der Waals surface area (Å²) < 4.78 is 13.5. The largest absolute Gasteiger partial charge is 0.278 e. The highest BCUT2D eigenvalue weighted by atomic mass is 19.1. The number of imide groups is 1. The Labute approximate surface area is 106 Å². The molecule has 1 saturated heterocycles. The van der Waals surface area contributed by atoms with E-state index in [9.17, 15) is 14.0 Å². The van der Waals surface area contributed by atoms with Gasteiger partial charge < -0.3 is 0 Å². The molecule has 1 atom stereocenters. The fourth-order valence-corrected chi connectivity index (χ4v) is 2.16. The summed E-state index contributed by atoms with van der Waals surface area (Å²) in [5.74, 6) is -0.799. The highest BCUT2D eigenvalue weighted by Crippen LogP contribution is 2.26. The van der Waals surface area contributed by atoms with Crippen molar-refractivity contribution in [2.45, 2.75) is 20.3 Å². The zero-order chi connectivity index (χ0) is 13.3. The third-order valence-corrected chi connectivity index (χ3v) is 3.45. The number of amides is 2. The van der Waals surface area contributed by atoms with Crippen molar-refractivity contribution >= 4 is 11.8 Å². The van der Waals surface area contributed by atoms with Gasteiger partial charge in [-0.05, 0) is 24.0 Å². The zero-order valence-electron chi connectivity index (χ0n) is 10.5. The molecule has 1 fully saturated rings. The number of carbonyl (C=O) groups excluding carboxylic acids is 2. The van der Waals surface area contributed by atoms with Crippen LogP contribution in [0.5, 0.6) is 0 Å². The molecule has 0 aliphatic carbocycles. The molecular weight excluding hydrogens is 233 g/mol. The highest BCUT2D eigenvalue weighted by Gasteiger charge is 2.36. The van der Waals surface area contributed by atoms with E-state index >= 15 is 0 Å². The molecule has 1 heterocycles. The molecule has 3 nitrogen and oxygen atoms in total. The van der Waals surface area contributed by atoms with Gasteiger partial charge in [-0.1, -0.05) is 26.0 Å². The molecule has 0 spiro atoms. The minimum atomic E-state index is -0.580. The van der Waals surface area contributed by atoms with E-state index in [0.29, 0.717) is 18.9 Å². The minimum absolute atomic E-state index is 0.0322. The average molecular weight is 249 g/mol. The Kier molecular flexibility index (Phi) is 3.45. The van der Waals surface area contributed by atoms with E-state index in [-0.39, 0.29) is 17.4 Å². The van der Waals surface area contributed by atoms with E-state index in [1.165, 1.54) is 23.1 Å². The van der Waals surface area contributed by atoms with E-state index in [2.05, 4.69) is 0 Å². The first kappa shape index (κ1) is 12.7. The second kappa shape index (κ2) is 4.88. The molecule has 0 radical (unpaired) electrons. The van der Waals surface area contributed by atoms with Crippen molar-refractivity contribution in [2.75, 3.05) is 6.54 Å². The molecule has 1 aliphatic heterocycles. The van der Waals surface area contributed by atoms with E-state index in [1.54, 1.807) is 6.07 Å². The van der Waals surface area contributed by atoms with Gasteiger partial charge in [0.25, 0.3) is 5.91 Å². The van der Waals surface area contributed by atoms with Crippen molar-refractivity contribution in [3.05, 3.63) is 35.6 Å². The number of hydrogen-bond acceptors (Lipinski definition) is 2. The van der Waals surface area contributed by atoms with Gasteiger partial charge in [-0.2, -0.15) is 0 Å². The number of carbonyl (C=O) groups is 2. The first-order valence-electron chi connectivity index (χ1n) is 6.10. The van der Waals surface area contributed by atoms with Crippen molar-refractivity contribution in [1.29, 1.82) is 0 Å². The SMILES string of the molecule is CC(C)C1CC(=O)N(C(=O)c2ccccc2F)C1. The normalized spacial score (nSPS) is 19.7. The lowest BCUT2D eigenvalue weighted by molar-refractivity contribution is -0.125. The highest BCUT2D eigenvalue weighted by molar-refractivity contribution is 6.05. The lowest BCUT2D eigenvalue weighted by Crippen LogP contribution is -2.33. The van der Waals surface area contributed by atoms with E-state index in [4.69, 9.17) is 0 Å². The summed E-state index contributed by atoms with van der Waals surface area (Å²) in [5, 5.41) is 0. The van der Waals surface area contributed by atoms with E-state index in [1.807, 2.05) is 13.8 Å². The Morgan fingerprint density at radius 3 is 2.61 bits per heavy atom. The summed E-state index contributed by atoms with van der Waals surface area (Å²) in [6.07, 6.45) is 0.373. The monoisotopic (exact) mass is 249 g/mol. The summed E-state index contributed by atoms with van der Waals surface area (Å²) >= 11 is 0. The number of hydrogen-bond donors (Lipinski definition) is 0. The molecule has 2 amide bonds. The minimum Gasteiger partial charge on any atom is -0.278 e. The molecule has 0 aromatic heterocycles. The second-order valence-electron chi connectivity index (χ2n) is 5.00. The molecule has 18 heavy (non-hydrogen) atoms. The fourth-order valence-electron chi connectivity index (χ4n) is 2.16. The number of nitrogens with zero attached hydrogens (tertiary/aromatic N) is 1. The van der Waals surface area contributed by atoms with Gasteiger partial charge >= 0.3 is 0 Å². The maximum absolute atomic E-state index is 13.5. The topological polar surface area (TPSA) is 37.4 Å². The van der Waals surface area contributed by atoms with Gasteiger partial charge in [-0.3, -0.25) is 14.5 Å². The van der Waals surface area contributed by atoms with E-state index < -0.39 is 11.7 Å². The van der Waals surface area contributed by atoms with Crippen LogP contribution in [0.3, 0.4) is 0 Å². The fraction of sp³-hybridized carbons (Fsp3) is 0.429. The van der Waals surface area contributed by atoms with Crippen LogP contribution in [-0.4, -0.2) is 23.3 Å². The third-order valence-electron chi connectivity index (χ3n) is 3.45. The quantitative estimate of drug-likeness (QED) is 0.755. The van der Waals surface area contributed by atoms with Crippen molar-refractivity contribution in [3.63, 3.8) is 0 Å². The first-order chi connectivity index (χ1) is 8.50. The van der Waals surface area contributed by atoms with Crippen LogP contribution in [0.2, 0.25) is 0 Å². The molecule has 1 aliphatic rings. The molecular formula is C14H16FNO2. The Hall–Kier alpha value is -1.71. The number of likely N-dealkylation sites (tertiary alicyclic amines) is 1. The van der Waals surface area contributed by atoms with Gasteiger partial charge in [0.1, 0.15) is 5.82 Å². The molecule has 96 valence electrons.